The molecule has 0 N–H and O–H groups in total. The highest BCUT2D eigenvalue weighted by Gasteiger charge is 2.17. The van der Waals surface area contributed by atoms with E-state index in [4.69, 9.17) is 0 Å². The Bertz CT molecular complexity index is 972. The van der Waals surface area contributed by atoms with E-state index in [0.29, 0.717) is 16.6 Å². The van der Waals surface area contributed by atoms with Gasteiger partial charge < -0.3 is 0 Å². The van der Waals surface area contributed by atoms with Gasteiger partial charge in [-0.1, -0.05) is 26.0 Å². The number of nitrogens with zero attached hydrogens (tertiary/aromatic N) is 2. The second-order valence-electron chi connectivity index (χ2n) is 5.42. The fraction of sp³-hybridized carbons (Fsp3) is 0.353. The van der Waals surface area contributed by atoms with E-state index in [-0.39, 0.29) is 22.4 Å². The van der Waals surface area contributed by atoms with Gasteiger partial charge >= 0.3 is 0 Å². The highest BCUT2D eigenvalue weighted by Crippen LogP contribution is 2.22. The molecule has 1 atom stereocenters. The van der Waals surface area contributed by atoms with Crippen LogP contribution >= 0.6 is 11.3 Å². The lowest BCUT2D eigenvalue weighted by Gasteiger charge is -2.17. The van der Waals surface area contributed by atoms with Crippen LogP contribution < -0.4 is 11.0 Å². The Kier molecular flexibility index (Phi) is 3.83. The smallest absolute Gasteiger partial charge is 0.266 e. The summed E-state index contributed by atoms with van der Waals surface area (Å²) in [5, 5.41) is 0.819. The molecular weight excluding hydrogens is 296 g/mol. The molecule has 3 rings (SSSR count). The van der Waals surface area contributed by atoms with Gasteiger partial charge in [0, 0.05) is 22.5 Å². The van der Waals surface area contributed by atoms with Gasteiger partial charge in [0.15, 0.2) is 0 Å². The minimum Gasteiger partial charge on any atom is -0.293 e. The van der Waals surface area contributed by atoms with Crippen LogP contribution in [0.25, 0.3) is 20.3 Å². The van der Waals surface area contributed by atoms with Crippen LogP contribution in [0.5, 0.6) is 0 Å². The lowest BCUT2D eigenvalue weighted by atomic mass is 10.2. The molecule has 1 aromatic carbocycles. The van der Waals surface area contributed by atoms with Crippen molar-refractivity contribution in [1.29, 1.82) is 0 Å². The Morgan fingerprint density at radius 3 is 2.64 bits per heavy atom. The summed E-state index contributed by atoms with van der Waals surface area (Å²) in [6.07, 6.45) is 1.49. The van der Waals surface area contributed by atoms with Gasteiger partial charge in [-0.25, -0.2) is 4.98 Å². The van der Waals surface area contributed by atoms with Crippen LogP contribution in [0.15, 0.2) is 33.9 Å². The molecule has 22 heavy (non-hydrogen) atoms. The van der Waals surface area contributed by atoms with Crippen LogP contribution in [0.4, 0.5) is 0 Å². The summed E-state index contributed by atoms with van der Waals surface area (Å²) in [4.78, 5) is 30.8. The number of aromatic nitrogens is 2. The molecule has 0 fully saturated rings. The number of hydrogen-bond acceptors (Lipinski definition) is 4. The molecular formula is C17H18N2O2S. The first-order valence-corrected chi connectivity index (χ1v) is 8.37. The second-order valence-corrected chi connectivity index (χ2v) is 6.45. The number of aryl methyl sites for hydroxylation is 1. The van der Waals surface area contributed by atoms with Crippen LogP contribution in [0, 0.1) is 0 Å². The molecule has 0 bridgehead atoms. The first-order chi connectivity index (χ1) is 10.6. The van der Waals surface area contributed by atoms with Crippen molar-refractivity contribution in [1.82, 2.24) is 9.55 Å². The predicted octanol–water partition coefficient (Wildman–Crippen LogP) is 3.50. The largest absolute Gasteiger partial charge is 0.293 e. The van der Waals surface area contributed by atoms with Gasteiger partial charge in [-0.2, -0.15) is 0 Å². The third-order valence-corrected chi connectivity index (χ3v) is 5.13. The van der Waals surface area contributed by atoms with Crippen LogP contribution in [0.2, 0.25) is 0 Å². The maximum Gasteiger partial charge on any atom is 0.266 e. The summed E-state index contributed by atoms with van der Waals surface area (Å²) in [7, 11) is 0. The fourth-order valence-corrected chi connectivity index (χ4v) is 3.75. The molecule has 0 aliphatic carbocycles. The average molecular weight is 314 g/mol. The molecule has 0 saturated heterocycles. The Labute approximate surface area is 132 Å². The van der Waals surface area contributed by atoms with Gasteiger partial charge in [-0.15, -0.1) is 11.3 Å². The number of benzene rings is 1. The Balaban J connectivity index is 2.53. The monoisotopic (exact) mass is 314 g/mol. The predicted molar refractivity (Wildman–Crippen MR) is 92.0 cm³/mol. The molecule has 0 spiro atoms. The molecule has 3 aromatic rings. The van der Waals surface area contributed by atoms with Gasteiger partial charge in [-0.3, -0.25) is 14.2 Å². The van der Waals surface area contributed by atoms with Crippen LogP contribution in [-0.4, -0.2) is 9.55 Å². The summed E-state index contributed by atoms with van der Waals surface area (Å²) in [5.41, 5.74) is -0.412. The van der Waals surface area contributed by atoms with Gasteiger partial charge in [0.05, 0.1) is 0 Å². The first kappa shape index (κ1) is 14.9. The minimum absolute atomic E-state index is 0.0372. The third kappa shape index (κ3) is 2.16. The summed E-state index contributed by atoms with van der Waals surface area (Å²) in [6, 6.07) is 7.42. The average Bonchev–Trinajstić information content (AvgIpc) is 2.53. The lowest BCUT2D eigenvalue weighted by Crippen LogP contribution is -2.30. The molecule has 0 aliphatic heterocycles. The normalized spacial score (nSPS) is 12.9. The Hall–Kier alpha value is -2.01. The van der Waals surface area contributed by atoms with Crippen molar-refractivity contribution in [3.8, 4) is 0 Å². The topological polar surface area (TPSA) is 52.0 Å². The summed E-state index contributed by atoms with van der Waals surface area (Å²) >= 11 is 1.41. The minimum atomic E-state index is -0.207. The van der Waals surface area contributed by atoms with E-state index in [1.807, 2.05) is 39.0 Å². The highest BCUT2D eigenvalue weighted by atomic mass is 32.1. The van der Waals surface area contributed by atoms with Crippen molar-refractivity contribution < 1.29 is 0 Å². The molecule has 0 aliphatic rings. The Morgan fingerprint density at radius 1 is 1.23 bits per heavy atom. The maximum atomic E-state index is 12.9. The van der Waals surface area contributed by atoms with E-state index in [1.165, 1.54) is 11.3 Å². The molecule has 0 unspecified atom stereocenters. The van der Waals surface area contributed by atoms with Crippen LogP contribution in [-0.2, 0) is 6.42 Å². The summed E-state index contributed by atoms with van der Waals surface area (Å²) < 4.78 is 2.56. The number of fused-ring (bicyclic) bond motifs is 2. The van der Waals surface area contributed by atoms with Crippen molar-refractivity contribution in [3.63, 3.8) is 0 Å². The van der Waals surface area contributed by atoms with Crippen molar-refractivity contribution in [3.05, 3.63) is 50.7 Å². The quantitative estimate of drug-likeness (QED) is 0.695. The SMILES string of the molecule is CCc1nc2sc3ccccc3c(=O)c2c(=O)n1[C@@H](C)CC. The molecule has 0 radical (unpaired) electrons. The Morgan fingerprint density at radius 2 is 1.95 bits per heavy atom. The van der Waals surface area contributed by atoms with E-state index in [2.05, 4.69) is 4.98 Å². The zero-order valence-electron chi connectivity index (χ0n) is 12.9. The molecule has 4 nitrogen and oxygen atoms in total. The van der Waals surface area contributed by atoms with Crippen molar-refractivity contribution in [2.45, 2.75) is 39.7 Å². The van der Waals surface area contributed by atoms with E-state index in [0.717, 1.165) is 16.9 Å². The second kappa shape index (κ2) is 5.65. The van der Waals surface area contributed by atoms with E-state index in [9.17, 15) is 9.59 Å². The molecule has 2 heterocycles. The van der Waals surface area contributed by atoms with Crippen molar-refractivity contribution in [2.75, 3.05) is 0 Å². The highest BCUT2D eigenvalue weighted by molar-refractivity contribution is 7.24. The van der Waals surface area contributed by atoms with Crippen molar-refractivity contribution >= 4 is 31.6 Å². The number of rotatable bonds is 3. The van der Waals surface area contributed by atoms with Crippen molar-refractivity contribution in [2.24, 2.45) is 0 Å². The standard InChI is InChI=1S/C17H18N2O2S/c1-4-10(3)19-13(5-2)18-16-14(17(19)21)15(20)11-8-6-7-9-12(11)22-16/h6-10H,4-5H2,1-3H3/t10-/m0/s1. The first-order valence-electron chi connectivity index (χ1n) is 7.55. The van der Waals surface area contributed by atoms with Gasteiger partial charge in [0.1, 0.15) is 16.0 Å². The molecule has 114 valence electrons. The summed E-state index contributed by atoms with van der Waals surface area (Å²) in [5.74, 6) is 0.748. The zero-order valence-corrected chi connectivity index (χ0v) is 13.7. The third-order valence-electron chi connectivity index (χ3n) is 4.07. The molecule has 0 saturated carbocycles. The maximum absolute atomic E-state index is 12.9. The number of hydrogen-bond donors (Lipinski definition) is 0. The lowest BCUT2D eigenvalue weighted by molar-refractivity contribution is 0.489. The van der Waals surface area contributed by atoms with E-state index < -0.39 is 0 Å². The summed E-state index contributed by atoms with van der Waals surface area (Å²) in [6.45, 7) is 6.00. The molecule has 5 heteroatoms. The molecule has 2 aromatic heterocycles. The van der Waals surface area contributed by atoms with Gasteiger partial charge in [0.25, 0.3) is 5.56 Å². The van der Waals surface area contributed by atoms with E-state index in [1.54, 1.807) is 10.6 Å². The van der Waals surface area contributed by atoms with Crippen LogP contribution in [0.1, 0.15) is 39.1 Å². The van der Waals surface area contributed by atoms with Crippen LogP contribution in [0.3, 0.4) is 0 Å². The zero-order chi connectivity index (χ0) is 15.9. The van der Waals surface area contributed by atoms with Gasteiger partial charge in [-0.05, 0) is 25.5 Å². The molecule has 0 amide bonds. The van der Waals surface area contributed by atoms with E-state index >= 15 is 0 Å². The fourth-order valence-electron chi connectivity index (χ4n) is 2.69. The van der Waals surface area contributed by atoms with Gasteiger partial charge in [0.2, 0.25) is 5.43 Å².